The number of pyridine rings is 1. The third-order valence-electron chi connectivity index (χ3n) is 3.84. The number of anilines is 1. The van der Waals surface area contributed by atoms with Crippen LogP contribution in [0.2, 0.25) is 0 Å². The second kappa shape index (κ2) is 7.62. The molecule has 0 saturated heterocycles. The van der Waals surface area contributed by atoms with E-state index in [0.717, 1.165) is 11.3 Å². The first-order valence-corrected chi connectivity index (χ1v) is 8.25. The Morgan fingerprint density at radius 1 is 1.00 bits per heavy atom. The van der Waals surface area contributed by atoms with E-state index < -0.39 is 0 Å². The standard InChI is InChI=1S/C21H20N2O2/c1-3-25-20-12-8-7-11-19(20)23-21(24)17-13-14-18(22-15(17)2)16-9-5-4-6-10-16/h4-14H,3H2,1-2H3,(H,23,24). The summed E-state index contributed by atoms with van der Waals surface area (Å²) in [6.07, 6.45) is 0. The number of aryl methyl sites for hydroxylation is 1. The molecule has 0 aliphatic rings. The number of nitrogens with zero attached hydrogens (tertiary/aromatic N) is 1. The summed E-state index contributed by atoms with van der Waals surface area (Å²) in [5.41, 5.74) is 3.77. The van der Waals surface area contributed by atoms with E-state index in [1.165, 1.54) is 0 Å². The Balaban J connectivity index is 1.84. The van der Waals surface area contributed by atoms with Gasteiger partial charge in [-0.3, -0.25) is 9.78 Å². The summed E-state index contributed by atoms with van der Waals surface area (Å²) < 4.78 is 5.55. The van der Waals surface area contributed by atoms with E-state index in [1.54, 1.807) is 0 Å². The van der Waals surface area contributed by atoms with E-state index in [0.29, 0.717) is 29.3 Å². The average Bonchev–Trinajstić information content (AvgIpc) is 2.64. The molecule has 1 aromatic heterocycles. The number of para-hydroxylation sites is 2. The van der Waals surface area contributed by atoms with Crippen molar-refractivity contribution in [1.29, 1.82) is 0 Å². The maximum absolute atomic E-state index is 12.6. The predicted molar refractivity (Wildman–Crippen MR) is 100.0 cm³/mol. The molecule has 2 aromatic carbocycles. The van der Waals surface area contributed by atoms with Crippen molar-refractivity contribution in [3.05, 3.63) is 78.0 Å². The number of carbonyl (C=O) groups is 1. The molecule has 3 rings (SSSR count). The van der Waals surface area contributed by atoms with Gasteiger partial charge in [0.1, 0.15) is 5.75 Å². The van der Waals surface area contributed by atoms with Crippen LogP contribution in [0.4, 0.5) is 5.69 Å². The maximum Gasteiger partial charge on any atom is 0.257 e. The quantitative estimate of drug-likeness (QED) is 0.736. The molecule has 0 bridgehead atoms. The molecular weight excluding hydrogens is 312 g/mol. The van der Waals surface area contributed by atoms with Gasteiger partial charge in [0.15, 0.2) is 0 Å². The molecule has 0 saturated carbocycles. The summed E-state index contributed by atoms with van der Waals surface area (Å²) in [4.78, 5) is 17.2. The Morgan fingerprint density at radius 2 is 1.72 bits per heavy atom. The average molecular weight is 332 g/mol. The molecule has 1 heterocycles. The van der Waals surface area contributed by atoms with Crippen molar-refractivity contribution in [1.82, 2.24) is 4.98 Å². The zero-order valence-electron chi connectivity index (χ0n) is 14.3. The van der Waals surface area contributed by atoms with Gasteiger partial charge in [-0.2, -0.15) is 0 Å². The van der Waals surface area contributed by atoms with Crippen molar-refractivity contribution in [3.63, 3.8) is 0 Å². The number of hydrogen-bond donors (Lipinski definition) is 1. The topological polar surface area (TPSA) is 51.2 Å². The normalized spacial score (nSPS) is 10.3. The van der Waals surface area contributed by atoms with Gasteiger partial charge in [0, 0.05) is 5.56 Å². The predicted octanol–water partition coefficient (Wildman–Crippen LogP) is 4.71. The van der Waals surface area contributed by atoms with Gasteiger partial charge in [-0.15, -0.1) is 0 Å². The highest BCUT2D eigenvalue weighted by molar-refractivity contribution is 6.05. The van der Waals surface area contributed by atoms with Crippen molar-refractivity contribution in [2.24, 2.45) is 0 Å². The molecular formula is C21H20N2O2. The van der Waals surface area contributed by atoms with Crippen molar-refractivity contribution in [3.8, 4) is 17.0 Å². The molecule has 25 heavy (non-hydrogen) atoms. The summed E-state index contributed by atoms with van der Waals surface area (Å²) >= 11 is 0. The molecule has 0 radical (unpaired) electrons. The van der Waals surface area contributed by atoms with Crippen molar-refractivity contribution in [2.45, 2.75) is 13.8 Å². The van der Waals surface area contributed by atoms with Crippen molar-refractivity contribution >= 4 is 11.6 Å². The molecule has 0 spiro atoms. The first kappa shape index (κ1) is 16.7. The van der Waals surface area contributed by atoms with Crippen LogP contribution in [0.1, 0.15) is 23.0 Å². The number of nitrogens with one attached hydrogen (secondary N) is 1. The van der Waals surface area contributed by atoms with Gasteiger partial charge in [0.05, 0.1) is 29.2 Å². The Bertz CT molecular complexity index is 876. The zero-order valence-corrected chi connectivity index (χ0v) is 14.3. The van der Waals surface area contributed by atoms with Crippen LogP contribution < -0.4 is 10.1 Å². The smallest absolute Gasteiger partial charge is 0.257 e. The van der Waals surface area contributed by atoms with Crippen molar-refractivity contribution in [2.75, 3.05) is 11.9 Å². The minimum Gasteiger partial charge on any atom is -0.492 e. The molecule has 0 fully saturated rings. The second-order valence-electron chi connectivity index (χ2n) is 5.58. The van der Waals surface area contributed by atoms with E-state index in [1.807, 2.05) is 80.6 Å². The van der Waals surface area contributed by atoms with Gasteiger partial charge in [-0.25, -0.2) is 0 Å². The van der Waals surface area contributed by atoms with Crippen LogP contribution in [0.15, 0.2) is 66.7 Å². The van der Waals surface area contributed by atoms with Crippen molar-refractivity contribution < 1.29 is 9.53 Å². The van der Waals surface area contributed by atoms with Gasteiger partial charge >= 0.3 is 0 Å². The fourth-order valence-corrected chi connectivity index (χ4v) is 2.61. The molecule has 4 nitrogen and oxygen atoms in total. The molecule has 0 unspecified atom stereocenters. The third kappa shape index (κ3) is 3.86. The van der Waals surface area contributed by atoms with Crippen LogP contribution in [-0.2, 0) is 0 Å². The van der Waals surface area contributed by atoms with Crippen LogP contribution in [0, 0.1) is 6.92 Å². The van der Waals surface area contributed by atoms with E-state index in [4.69, 9.17) is 4.74 Å². The first-order valence-electron chi connectivity index (χ1n) is 8.25. The summed E-state index contributed by atoms with van der Waals surface area (Å²) in [5, 5.41) is 2.91. The van der Waals surface area contributed by atoms with E-state index in [9.17, 15) is 4.79 Å². The highest BCUT2D eigenvalue weighted by Gasteiger charge is 2.13. The van der Waals surface area contributed by atoms with E-state index >= 15 is 0 Å². The molecule has 4 heteroatoms. The summed E-state index contributed by atoms with van der Waals surface area (Å²) in [7, 11) is 0. The first-order chi connectivity index (χ1) is 12.2. The summed E-state index contributed by atoms with van der Waals surface area (Å²) in [5.74, 6) is 0.460. The van der Waals surface area contributed by atoms with Gasteiger partial charge in [0.2, 0.25) is 0 Å². The highest BCUT2D eigenvalue weighted by Crippen LogP contribution is 2.25. The summed E-state index contributed by atoms with van der Waals surface area (Å²) in [6, 6.07) is 21.0. The van der Waals surface area contributed by atoms with Gasteiger partial charge in [0.25, 0.3) is 5.91 Å². The lowest BCUT2D eigenvalue weighted by atomic mass is 10.1. The van der Waals surface area contributed by atoms with Crippen LogP contribution in [0.3, 0.4) is 0 Å². The largest absolute Gasteiger partial charge is 0.492 e. The lowest BCUT2D eigenvalue weighted by Crippen LogP contribution is -2.15. The maximum atomic E-state index is 12.6. The minimum absolute atomic E-state index is 0.197. The number of aromatic nitrogens is 1. The number of hydrogen-bond acceptors (Lipinski definition) is 3. The fraction of sp³-hybridized carbons (Fsp3) is 0.143. The molecule has 0 aliphatic carbocycles. The summed E-state index contributed by atoms with van der Waals surface area (Å²) in [6.45, 7) is 4.30. The number of benzene rings is 2. The second-order valence-corrected chi connectivity index (χ2v) is 5.58. The Labute approximate surface area is 147 Å². The lowest BCUT2D eigenvalue weighted by molar-refractivity contribution is 0.102. The van der Waals surface area contributed by atoms with Crippen LogP contribution in [0.5, 0.6) is 5.75 Å². The fourth-order valence-electron chi connectivity index (χ4n) is 2.61. The molecule has 3 aromatic rings. The van der Waals surface area contributed by atoms with Gasteiger partial charge in [-0.1, -0.05) is 42.5 Å². The molecule has 0 aliphatic heterocycles. The molecule has 1 amide bonds. The van der Waals surface area contributed by atoms with Gasteiger partial charge in [-0.05, 0) is 38.1 Å². The minimum atomic E-state index is -0.197. The Kier molecular flexibility index (Phi) is 5.09. The monoisotopic (exact) mass is 332 g/mol. The Morgan fingerprint density at radius 3 is 2.44 bits per heavy atom. The van der Waals surface area contributed by atoms with E-state index in [-0.39, 0.29) is 5.91 Å². The molecule has 126 valence electrons. The lowest BCUT2D eigenvalue weighted by Gasteiger charge is -2.12. The van der Waals surface area contributed by atoms with Crippen LogP contribution in [-0.4, -0.2) is 17.5 Å². The Hall–Kier alpha value is -3.14. The highest BCUT2D eigenvalue weighted by atomic mass is 16.5. The SMILES string of the molecule is CCOc1ccccc1NC(=O)c1ccc(-c2ccccc2)nc1C. The number of carbonyl (C=O) groups excluding carboxylic acids is 1. The van der Waals surface area contributed by atoms with Crippen LogP contribution >= 0.6 is 0 Å². The molecule has 0 atom stereocenters. The number of amides is 1. The molecule has 1 N–H and O–H groups in total. The zero-order chi connectivity index (χ0) is 17.6. The van der Waals surface area contributed by atoms with Gasteiger partial charge < -0.3 is 10.1 Å². The van der Waals surface area contributed by atoms with E-state index in [2.05, 4.69) is 10.3 Å². The third-order valence-corrected chi connectivity index (χ3v) is 3.84. The number of rotatable bonds is 5. The number of ether oxygens (including phenoxy) is 1. The van der Waals surface area contributed by atoms with Crippen LogP contribution in [0.25, 0.3) is 11.3 Å².